The number of likely N-dealkylation sites (N-methyl/N-ethyl adjacent to an activating group) is 1. The third-order valence-electron chi connectivity index (χ3n) is 2.23. The van der Waals surface area contributed by atoms with Crippen LogP contribution in [0.1, 0.15) is 26.7 Å². The number of carbonyl (C=O) groups is 2. The van der Waals surface area contributed by atoms with Crippen molar-refractivity contribution < 1.29 is 9.59 Å². The monoisotopic (exact) mass is 256 g/mol. The molecule has 0 saturated heterocycles. The summed E-state index contributed by atoms with van der Waals surface area (Å²) in [6.45, 7) is 5.03. The van der Waals surface area contributed by atoms with Gasteiger partial charge in [0.05, 0.1) is 0 Å². The van der Waals surface area contributed by atoms with E-state index in [9.17, 15) is 9.59 Å². The van der Waals surface area contributed by atoms with Crippen molar-refractivity contribution in [3.05, 3.63) is 5.51 Å². The van der Waals surface area contributed by atoms with Crippen molar-refractivity contribution in [1.82, 2.24) is 15.1 Å². The molecule has 1 aromatic heterocycles. The van der Waals surface area contributed by atoms with Gasteiger partial charge in [-0.15, -0.1) is 10.2 Å². The summed E-state index contributed by atoms with van der Waals surface area (Å²) < 4.78 is 0. The van der Waals surface area contributed by atoms with Gasteiger partial charge in [0.15, 0.2) is 0 Å². The first-order chi connectivity index (χ1) is 8.19. The van der Waals surface area contributed by atoms with E-state index in [0.29, 0.717) is 18.2 Å². The van der Waals surface area contributed by atoms with Crippen molar-refractivity contribution in [2.75, 3.05) is 18.4 Å². The van der Waals surface area contributed by atoms with Crippen molar-refractivity contribution in [1.29, 1.82) is 0 Å². The zero-order valence-corrected chi connectivity index (χ0v) is 10.8. The second-order valence-corrected chi connectivity index (χ2v) is 4.27. The first-order valence-corrected chi connectivity index (χ1v) is 6.43. The van der Waals surface area contributed by atoms with Crippen LogP contribution in [0, 0.1) is 0 Å². The number of anilines is 1. The van der Waals surface area contributed by atoms with Crippen molar-refractivity contribution in [2.24, 2.45) is 0 Å². The van der Waals surface area contributed by atoms with Gasteiger partial charge in [-0.05, 0) is 13.3 Å². The molecule has 0 aromatic carbocycles. The number of unbranched alkanes of at least 4 members (excludes halogenated alkanes) is 1. The Hall–Kier alpha value is -1.50. The maximum atomic E-state index is 11.8. The molecule has 0 unspecified atom stereocenters. The summed E-state index contributed by atoms with van der Waals surface area (Å²) in [5, 5.41) is 10.00. The van der Waals surface area contributed by atoms with E-state index in [4.69, 9.17) is 0 Å². The van der Waals surface area contributed by atoms with E-state index >= 15 is 0 Å². The average molecular weight is 256 g/mol. The van der Waals surface area contributed by atoms with Crippen molar-refractivity contribution in [3.63, 3.8) is 0 Å². The largest absolute Gasteiger partial charge is 0.335 e. The fourth-order valence-electron chi connectivity index (χ4n) is 1.27. The van der Waals surface area contributed by atoms with Crippen LogP contribution < -0.4 is 5.32 Å². The molecule has 0 spiro atoms. The molecule has 0 atom stereocenters. The fourth-order valence-corrected chi connectivity index (χ4v) is 1.71. The van der Waals surface area contributed by atoms with Gasteiger partial charge in [-0.3, -0.25) is 14.9 Å². The van der Waals surface area contributed by atoms with E-state index in [2.05, 4.69) is 15.5 Å². The van der Waals surface area contributed by atoms with Gasteiger partial charge in [0, 0.05) is 13.1 Å². The lowest BCUT2D eigenvalue weighted by Crippen LogP contribution is -2.40. The molecule has 1 aromatic rings. The lowest BCUT2D eigenvalue weighted by atomic mass is 10.3. The normalized spacial score (nSPS) is 10.0. The predicted molar refractivity (Wildman–Crippen MR) is 65.7 cm³/mol. The Morgan fingerprint density at radius 3 is 2.76 bits per heavy atom. The van der Waals surface area contributed by atoms with Gasteiger partial charge in [-0.25, -0.2) is 0 Å². The Labute approximate surface area is 104 Å². The zero-order chi connectivity index (χ0) is 12.7. The quantitative estimate of drug-likeness (QED) is 0.801. The molecule has 6 nitrogen and oxygen atoms in total. The van der Waals surface area contributed by atoms with Gasteiger partial charge in [0.25, 0.3) is 0 Å². The molecule has 94 valence electrons. The molecule has 17 heavy (non-hydrogen) atoms. The highest BCUT2D eigenvalue weighted by atomic mass is 32.1. The first kappa shape index (κ1) is 13.6. The minimum atomic E-state index is -0.653. The standard InChI is InChI=1S/C10H16N4O2S/c1-3-5-6-14(4-2)9(16)8(15)12-10-13-11-7-17-10/h7H,3-6H2,1-2H3,(H,12,13,15). The smallest absolute Gasteiger partial charge is 0.315 e. The lowest BCUT2D eigenvalue weighted by Gasteiger charge is -2.19. The predicted octanol–water partition coefficient (Wildman–Crippen LogP) is 1.13. The summed E-state index contributed by atoms with van der Waals surface area (Å²) in [5.74, 6) is -1.17. The van der Waals surface area contributed by atoms with Crippen LogP contribution >= 0.6 is 11.3 Å². The van der Waals surface area contributed by atoms with Gasteiger partial charge >= 0.3 is 11.8 Å². The molecule has 0 aliphatic carbocycles. The summed E-state index contributed by atoms with van der Waals surface area (Å²) in [7, 11) is 0. The number of nitrogens with zero attached hydrogens (tertiary/aromatic N) is 3. The zero-order valence-electron chi connectivity index (χ0n) is 9.97. The van der Waals surface area contributed by atoms with Crippen LogP contribution in [-0.4, -0.2) is 40.0 Å². The SMILES string of the molecule is CCCCN(CC)C(=O)C(=O)Nc1nncs1. The van der Waals surface area contributed by atoms with Crippen molar-refractivity contribution in [3.8, 4) is 0 Å². The van der Waals surface area contributed by atoms with E-state index in [0.717, 1.165) is 12.8 Å². The summed E-state index contributed by atoms with van der Waals surface area (Å²) in [5.41, 5.74) is 1.49. The number of carbonyl (C=O) groups excluding carboxylic acids is 2. The van der Waals surface area contributed by atoms with E-state index < -0.39 is 11.8 Å². The summed E-state index contributed by atoms with van der Waals surface area (Å²) >= 11 is 1.18. The molecule has 0 aliphatic rings. The van der Waals surface area contributed by atoms with Gasteiger partial charge in [0.2, 0.25) is 5.13 Å². The van der Waals surface area contributed by atoms with E-state index in [1.165, 1.54) is 21.7 Å². The molecule has 0 fully saturated rings. The van der Waals surface area contributed by atoms with Crippen molar-refractivity contribution >= 4 is 28.3 Å². The Bertz CT molecular complexity index is 366. The third-order valence-corrected chi connectivity index (χ3v) is 2.83. The highest BCUT2D eigenvalue weighted by molar-refractivity contribution is 7.13. The van der Waals surface area contributed by atoms with Crippen LogP contribution in [0.2, 0.25) is 0 Å². The number of aromatic nitrogens is 2. The van der Waals surface area contributed by atoms with Gasteiger partial charge < -0.3 is 4.90 Å². The molecule has 1 N–H and O–H groups in total. The Morgan fingerprint density at radius 1 is 1.47 bits per heavy atom. The van der Waals surface area contributed by atoms with Crippen LogP contribution in [0.3, 0.4) is 0 Å². The van der Waals surface area contributed by atoms with Gasteiger partial charge in [-0.2, -0.15) is 0 Å². The minimum absolute atomic E-state index is 0.342. The van der Waals surface area contributed by atoms with Crippen LogP contribution in [0.4, 0.5) is 5.13 Å². The van der Waals surface area contributed by atoms with Gasteiger partial charge in [0.1, 0.15) is 5.51 Å². The van der Waals surface area contributed by atoms with Crippen LogP contribution in [0.5, 0.6) is 0 Å². The Kier molecular flexibility index (Phi) is 5.55. The number of amides is 2. The molecule has 0 aliphatic heterocycles. The Morgan fingerprint density at radius 2 is 2.24 bits per heavy atom. The Balaban J connectivity index is 2.52. The topological polar surface area (TPSA) is 75.2 Å². The van der Waals surface area contributed by atoms with E-state index in [1.54, 1.807) is 0 Å². The maximum Gasteiger partial charge on any atom is 0.315 e. The summed E-state index contributed by atoms with van der Waals surface area (Å²) in [6.07, 6.45) is 1.88. The van der Waals surface area contributed by atoms with E-state index in [1.807, 2.05) is 13.8 Å². The highest BCUT2D eigenvalue weighted by Gasteiger charge is 2.20. The molecular formula is C10H16N4O2S. The van der Waals surface area contributed by atoms with Crippen LogP contribution in [0.25, 0.3) is 0 Å². The minimum Gasteiger partial charge on any atom is -0.335 e. The second-order valence-electron chi connectivity index (χ2n) is 3.44. The molecular weight excluding hydrogens is 240 g/mol. The molecule has 0 radical (unpaired) electrons. The molecule has 2 amide bonds. The van der Waals surface area contributed by atoms with Crippen molar-refractivity contribution in [2.45, 2.75) is 26.7 Å². The fraction of sp³-hybridized carbons (Fsp3) is 0.600. The number of nitrogens with one attached hydrogen (secondary N) is 1. The maximum absolute atomic E-state index is 11.8. The molecule has 1 heterocycles. The molecule has 0 saturated carbocycles. The summed E-state index contributed by atoms with van der Waals surface area (Å²) in [4.78, 5) is 24.9. The molecule has 0 bridgehead atoms. The number of rotatable bonds is 5. The summed E-state index contributed by atoms with van der Waals surface area (Å²) in [6, 6.07) is 0. The first-order valence-electron chi connectivity index (χ1n) is 5.55. The van der Waals surface area contributed by atoms with Crippen LogP contribution in [0.15, 0.2) is 5.51 Å². The lowest BCUT2D eigenvalue weighted by molar-refractivity contribution is -0.143. The second kappa shape index (κ2) is 6.95. The number of hydrogen-bond acceptors (Lipinski definition) is 5. The molecule has 1 rings (SSSR count). The van der Waals surface area contributed by atoms with Gasteiger partial charge in [-0.1, -0.05) is 24.7 Å². The molecule has 7 heteroatoms. The number of hydrogen-bond donors (Lipinski definition) is 1. The van der Waals surface area contributed by atoms with Crippen LogP contribution in [-0.2, 0) is 9.59 Å². The van der Waals surface area contributed by atoms with E-state index in [-0.39, 0.29) is 0 Å². The third kappa shape index (κ3) is 4.10. The average Bonchev–Trinajstić information content (AvgIpc) is 2.82. The highest BCUT2D eigenvalue weighted by Crippen LogP contribution is 2.08.